The number of pyridine rings is 1. The van der Waals surface area contributed by atoms with Gasteiger partial charge in [0.1, 0.15) is 17.9 Å². The van der Waals surface area contributed by atoms with Gasteiger partial charge in [0.05, 0.1) is 25.1 Å². The second-order valence-electron chi connectivity index (χ2n) is 9.46. The maximum Gasteiger partial charge on any atom is 0.345 e. The lowest BCUT2D eigenvalue weighted by Crippen LogP contribution is -2.24. The third-order valence-corrected chi connectivity index (χ3v) is 6.99. The van der Waals surface area contributed by atoms with Gasteiger partial charge in [-0.2, -0.15) is 9.78 Å². The lowest BCUT2D eigenvalue weighted by Gasteiger charge is -2.22. The number of carbonyl (C=O) groups is 1. The zero-order valence-electron chi connectivity index (χ0n) is 22.9. The summed E-state index contributed by atoms with van der Waals surface area (Å²) in [5, 5.41) is 7.84. The van der Waals surface area contributed by atoms with Gasteiger partial charge in [-0.1, -0.05) is 30.3 Å². The molecule has 8 heteroatoms. The van der Waals surface area contributed by atoms with Gasteiger partial charge >= 0.3 is 5.97 Å². The first-order valence-corrected chi connectivity index (χ1v) is 13.4. The Kier molecular flexibility index (Phi) is 7.93. The van der Waals surface area contributed by atoms with Gasteiger partial charge in [0.25, 0.3) is 0 Å². The first-order valence-electron chi connectivity index (χ1n) is 13.4. The number of nitrogens with one attached hydrogen (secondary N) is 1. The fraction of sp³-hybridized carbons (Fsp3) is 0.323. The zero-order chi connectivity index (χ0) is 27.4. The molecular formula is C31H34N4O4. The Morgan fingerprint density at radius 3 is 2.69 bits per heavy atom. The highest BCUT2D eigenvalue weighted by atomic mass is 16.5. The van der Waals surface area contributed by atoms with E-state index in [2.05, 4.69) is 29.5 Å². The number of carbonyl (C=O) groups excluding carboxylic acids is 1. The van der Waals surface area contributed by atoms with Gasteiger partial charge in [-0.3, -0.25) is 0 Å². The van der Waals surface area contributed by atoms with E-state index in [4.69, 9.17) is 19.2 Å². The van der Waals surface area contributed by atoms with Crippen molar-refractivity contribution < 1.29 is 19.0 Å². The number of nitrogens with zero attached hydrogens (tertiary/aromatic N) is 3. The number of benzene rings is 2. The molecule has 0 aliphatic carbocycles. The molecule has 2 aromatic carbocycles. The van der Waals surface area contributed by atoms with E-state index in [1.807, 2.05) is 50.2 Å². The van der Waals surface area contributed by atoms with E-state index in [-0.39, 0.29) is 12.2 Å². The molecule has 0 saturated heterocycles. The molecule has 3 heterocycles. The van der Waals surface area contributed by atoms with Crippen molar-refractivity contribution in [3.8, 4) is 28.7 Å². The molecule has 0 bridgehead atoms. The number of esters is 1. The summed E-state index contributed by atoms with van der Waals surface area (Å²) in [7, 11) is 0. The number of ether oxygens (including phenoxy) is 3. The number of para-hydroxylation sites is 1. The highest BCUT2D eigenvalue weighted by molar-refractivity contribution is 5.92. The van der Waals surface area contributed by atoms with Crippen LogP contribution < -0.4 is 14.8 Å². The van der Waals surface area contributed by atoms with Crippen molar-refractivity contribution in [2.45, 2.75) is 47.3 Å². The van der Waals surface area contributed by atoms with Crippen molar-refractivity contribution in [1.82, 2.24) is 20.1 Å². The molecule has 202 valence electrons. The summed E-state index contributed by atoms with van der Waals surface area (Å²) in [6, 6.07) is 16.1. The summed E-state index contributed by atoms with van der Waals surface area (Å²) in [4.78, 5) is 17.3. The number of hydrogen-bond donors (Lipinski definition) is 1. The molecule has 1 N–H and O–H groups in total. The smallest absolute Gasteiger partial charge is 0.345 e. The van der Waals surface area contributed by atoms with E-state index in [0.717, 1.165) is 42.1 Å². The fourth-order valence-electron chi connectivity index (χ4n) is 4.98. The molecule has 8 nitrogen and oxygen atoms in total. The summed E-state index contributed by atoms with van der Waals surface area (Å²) in [6.45, 7) is 10.9. The summed E-state index contributed by atoms with van der Waals surface area (Å²) >= 11 is 0. The van der Waals surface area contributed by atoms with Crippen LogP contribution in [0.2, 0.25) is 0 Å². The van der Waals surface area contributed by atoms with E-state index in [0.29, 0.717) is 24.9 Å². The molecule has 5 rings (SSSR count). The average molecular weight is 527 g/mol. The van der Waals surface area contributed by atoms with Crippen molar-refractivity contribution in [2.75, 3.05) is 19.8 Å². The molecule has 0 atom stereocenters. The van der Waals surface area contributed by atoms with Crippen LogP contribution in [-0.2, 0) is 24.3 Å². The van der Waals surface area contributed by atoms with Crippen LogP contribution in [0.15, 0.2) is 54.7 Å². The minimum atomic E-state index is -0.480. The Hall–Kier alpha value is -4.17. The van der Waals surface area contributed by atoms with Gasteiger partial charge in [-0.25, -0.2) is 9.78 Å². The monoisotopic (exact) mass is 526 g/mol. The molecule has 0 saturated carbocycles. The van der Waals surface area contributed by atoms with Crippen molar-refractivity contribution in [3.05, 3.63) is 88.1 Å². The Morgan fingerprint density at radius 2 is 1.87 bits per heavy atom. The fourth-order valence-corrected chi connectivity index (χ4v) is 4.98. The maximum atomic E-state index is 12.5. The number of hydrogen-bond acceptors (Lipinski definition) is 7. The molecule has 4 aromatic rings. The van der Waals surface area contributed by atoms with Crippen LogP contribution in [0, 0.1) is 13.8 Å². The number of aryl methyl sites for hydroxylation is 1. The summed E-state index contributed by atoms with van der Waals surface area (Å²) < 4.78 is 19.0. The molecule has 0 radical (unpaired) electrons. The Labute approximate surface area is 228 Å². The average Bonchev–Trinajstić information content (AvgIpc) is 3.37. The van der Waals surface area contributed by atoms with E-state index in [9.17, 15) is 4.79 Å². The highest BCUT2D eigenvalue weighted by Gasteiger charge is 2.22. The molecule has 0 unspecified atom stereocenters. The molecule has 0 spiro atoms. The first kappa shape index (κ1) is 26.4. The summed E-state index contributed by atoms with van der Waals surface area (Å²) in [5.41, 5.74) is 8.21. The van der Waals surface area contributed by atoms with Crippen LogP contribution in [0.1, 0.15) is 52.0 Å². The van der Waals surface area contributed by atoms with E-state index in [1.54, 1.807) is 6.92 Å². The van der Waals surface area contributed by atoms with Gasteiger partial charge < -0.3 is 19.5 Å². The Morgan fingerprint density at radius 1 is 1.03 bits per heavy atom. The Balaban J connectivity index is 1.47. The SMILES string of the molecule is CCOC(=O)c1cnn(-c2cccc(-c3cccc(C)c3OCc3ccc4c(c3C)CCNC4)n2)c1OCC. The third-order valence-electron chi connectivity index (χ3n) is 6.99. The largest absolute Gasteiger partial charge is 0.488 e. The third kappa shape index (κ3) is 5.38. The standard InChI is InChI=1S/C31H34N4O4/c1-5-37-30-26(31(36)38-6-2)18-33-35(30)28-12-8-11-27(34-28)25-10-7-9-20(3)29(25)39-19-23-14-13-22-17-32-16-15-24(22)21(23)4/h7-14,18,32H,5-6,15-17,19H2,1-4H3. The second-order valence-corrected chi connectivity index (χ2v) is 9.46. The van der Waals surface area contributed by atoms with Crippen molar-refractivity contribution in [2.24, 2.45) is 0 Å². The predicted molar refractivity (Wildman–Crippen MR) is 150 cm³/mol. The molecular weight excluding hydrogens is 492 g/mol. The van der Waals surface area contributed by atoms with Gasteiger partial charge in [-0.15, -0.1) is 0 Å². The highest BCUT2D eigenvalue weighted by Crippen LogP contribution is 2.34. The quantitative estimate of drug-likeness (QED) is 0.294. The molecule has 1 aliphatic rings. The minimum absolute atomic E-state index is 0.265. The van der Waals surface area contributed by atoms with Crippen LogP contribution in [0.5, 0.6) is 11.6 Å². The zero-order valence-corrected chi connectivity index (χ0v) is 22.9. The molecule has 39 heavy (non-hydrogen) atoms. The molecule has 0 fully saturated rings. The first-order chi connectivity index (χ1) is 19.0. The van der Waals surface area contributed by atoms with E-state index >= 15 is 0 Å². The van der Waals surface area contributed by atoms with Gasteiger partial charge in [0.2, 0.25) is 5.88 Å². The predicted octanol–water partition coefficient (Wildman–Crippen LogP) is 5.35. The van der Waals surface area contributed by atoms with Crippen LogP contribution in [-0.4, -0.2) is 40.5 Å². The van der Waals surface area contributed by atoms with Crippen molar-refractivity contribution in [1.29, 1.82) is 0 Å². The molecule has 0 amide bonds. The lowest BCUT2D eigenvalue weighted by atomic mass is 9.93. The minimum Gasteiger partial charge on any atom is -0.488 e. The van der Waals surface area contributed by atoms with Crippen molar-refractivity contribution >= 4 is 5.97 Å². The molecule has 1 aliphatic heterocycles. The van der Waals surface area contributed by atoms with E-state index < -0.39 is 5.97 Å². The van der Waals surface area contributed by atoms with Crippen LogP contribution in [0.25, 0.3) is 17.1 Å². The van der Waals surface area contributed by atoms with Crippen molar-refractivity contribution in [3.63, 3.8) is 0 Å². The van der Waals surface area contributed by atoms with Gasteiger partial charge in [0.15, 0.2) is 5.82 Å². The van der Waals surface area contributed by atoms with Gasteiger partial charge in [-0.05, 0) is 86.7 Å². The van der Waals surface area contributed by atoms with Crippen LogP contribution >= 0.6 is 0 Å². The van der Waals surface area contributed by atoms with Crippen LogP contribution in [0.4, 0.5) is 0 Å². The second kappa shape index (κ2) is 11.7. The summed E-state index contributed by atoms with van der Waals surface area (Å²) in [6.07, 6.45) is 2.49. The topological polar surface area (TPSA) is 87.5 Å². The van der Waals surface area contributed by atoms with Gasteiger partial charge in [0, 0.05) is 12.1 Å². The normalized spacial score (nSPS) is 12.6. The van der Waals surface area contributed by atoms with E-state index in [1.165, 1.54) is 33.1 Å². The maximum absolute atomic E-state index is 12.5. The lowest BCUT2D eigenvalue weighted by molar-refractivity contribution is 0.0521. The molecule has 2 aromatic heterocycles. The Bertz CT molecular complexity index is 1490. The number of aromatic nitrogens is 3. The number of rotatable bonds is 9. The number of fused-ring (bicyclic) bond motifs is 1. The van der Waals surface area contributed by atoms with Crippen LogP contribution in [0.3, 0.4) is 0 Å². The summed E-state index contributed by atoms with van der Waals surface area (Å²) in [5.74, 6) is 1.14.